The van der Waals surface area contributed by atoms with Crippen LogP contribution in [0, 0.1) is 5.92 Å². The van der Waals surface area contributed by atoms with Crippen molar-refractivity contribution in [1.29, 1.82) is 0 Å². The van der Waals surface area contributed by atoms with Gasteiger partial charge in [-0.1, -0.05) is 40.0 Å². The predicted molar refractivity (Wildman–Crippen MR) is 90.1 cm³/mol. The van der Waals surface area contributed by atoms with Crippen LogP contribution in [0.5, 0.6) is 0 Å². The van der Waals surface area contributed by atoms with Gasteiger partial charge in [0.1, 0.15) is 0 Å². The van der Waals surface area contributed by atoms with Gasteiger partial charge in [0, 0.05) is 11.9 Å². The Morgan fingerprint density at radius 1 is 1.42 bits per heavy atom. The molecule has 0 saturated carbocycles. The molecule has 8 heteroatoms. The lowest BCUT2D eigenvalue weighted by Crippen LogP contribution is -2.40. The van der Waals surface area contributed by atoms with E-state index in [4.69, 9.17) is 0 Å². The molecular formula is C16H27N5O3. The van der Waals surface area contributed by atoms with Crippen molar-refractivity contribution in [3.05, 3.63) is 18.0 Å². The van der Waals surface area contributed by atoms with Crippen molar-refractivity contribution in [2.45, 2.75) is 52.4 Å². The van der Waals surface area contributed by atoms with Crippen molar-refractivity contribution >= 4 is 18.3 Å². The lowest BCUT2D eigenvalue weighted by atomic mass is 10.0. The molecule has 0 aliphatic rings. The zero-order valence-corrected chi connectivity index (χ0v) is 14.5. The molecule has 1 atom stereocenters. The molecule has 0 unspecified atom stereocenters. The first-order valence-corrected chi connectivity index (χ1v) is 8.27. The smallest absolute Gasteiger partial charge is 0.243 e. The summed E-state index contributed by atoms with van der Waals surface area (Å²) in [5.74, 6) is -0.266. The highest BCUT2D eigenvalue weighted by Crippen LogP contribution is 2.13. The largest absolute Gasteiger partial charge is 0.286 e. The lowest BCUT2D eigenvalue weighted by molar-refractivity contribution is -0.154. The molecule has 134 valence electrons. The molecule has 0 fully saturated rings. The Morgan fingerprint density at radius 3 is 2.79 bits per heavy atom. The molecule has 0 aromatic carbocycles. The Hall–Kier alpha value is -2.22. The standard InChI is InChI=1S/C16H27N5O3/c1-4-5-6-7-13(10-21(24)11-22)15(23)19-20-16-17-9-8-14(18-16)12(2)3/h8-9,11-13,24H,4-7,10H2,1-3H3,(H,19,23)(H,17,18,20)/t13-/m0/s1. The summed E-state index contributed by atoms with van der Waals surface area (Å²) in [6, 6.07) is 1.82. The Bertz CT molecular complexity index is 524. The van der Waals surface area contributed by atoms with Crippen molar-refractivity contribution in [2.24, 2.45) is 5.92 Å². The van der Waals surface area contributed by atoms with E-state index in [1.807, 2.05) is 19.9 Å². The third kappa shape index (κ3) is 6.91. The number of anilines is 1. The zero-order valence-electron chi connectivity index (χ0n) is 14.5. The average molecular weight is 337 g/mol. The summed E-state index contributed by atoms with van der Waals surface area (Å²) in [5.41, 5.74) is 6.11. The molecule has 1 aromatic heterocycles. The number of hydrogen-bond acceptors (Lipinski definition) is 6. The third-order valence-corrected chi connectivity index (χ3v) is 3.62. The van der Waals surface area contributed by atoms with Gasteiger partial charge in [-0.05, 0) is 18.4 Å². The van der Waals surface area contributed by atoms with E-state index in [0.29, 0.717) is 23.8 Å². The number of hydrogen-bond donors (Lipinski definition) is 3. The van der Waals surface area contributed by atoms with Crippen LogP contribution in [0.15, 0.2) is 12.3 Å². The first-order chi connectivity index (χ1) is 11.5. The van der Waals surface area contributed by atoms with Crippen LogP contribution in [-0.4, -0.2) is 39.1 Å². The highest BCUT2D eigenvalue weighted by molar-refractivity contribution is 5.80. The van der Waals surface area contributed by atoms with Crippen LogP contribution in [-0.2, 0) is 9.59 Å². The van der Waals surface area contributed by atoms with Crippen LogP contribution < -0.4 is 10.9 Å². The number of rotatable bonds is 11. The number of hydroxylamine groups is 2. The fourth-order valence-electron chi connectivity index (χ4n) is 2.19. The molecule has 0 aliphatic carbocycles. The van der Waals surface area contributed by atoms with Gasteiger partial charge in [0.2, 0.25) is 18.3 Å². The van der Waals surface area contributed by atoms with Crippen LogP contribution >= 0.6 is 0 Å². The van der Waals surface area contributed by atoms with E-state index in [1.54, 1.807) is 6.20 Å². The molecule has 0 bridgehead atoms. The maximum absolute atomic E-state index is 12.3. The molecule has 8 nitrogen and oxygen atoms in total. The van der Waals surface area contributed by atoms with E-state index in [-0.39, 0.29) is 18.4 Å². The van der Waals surface area contributed by atoms with Crippen molar-refractivity contribution < 1.29 is 14.8 Å². The molecule has 1 aromatic rings. The summed E-state index contributed by atoms with van der Waals surface area (Å²) in [4.78, 5) is 31.2. The SMILES string of the molecule is CCCCC[C@@H](CN(O)C=O)C(=O)NNc1nccc(C(C)C)n1. The molecule has 0 spiro atoms. The molecule has 0 radical (unpaired) electrons. The van der Waals surface area contributed by atoms with Gasteiger partial charge in [-0.2, -0.15) is 0 Å². The molecular weight excluding hydrogens is 310 g/mol. The highest BCUT2D eigenvalue weighted by atomic mass is 16.5. The topological polar surface area (TPSA) is 107 Å². The Labute approximate surface area is 142 Å². The summed E-state index contributed by atoms with van der Waals surface area (Å²) < 4.78 is 0. The van der Waals surface area contributed by atoms with E-state index in [0.717, 1.165) is 25.0 Å². The number of carbonyl (C=O) groups excluding carboxylic acids is 2. The fourth-order valence-corrected chi connectivity index (χ4v) is 2.19. The number of aromatic nitrogens is 2. The van der Waals surface area contributed by atoms with E-state index >= 15 is 0 Å². The molecule has 0 aliphatic heterocycles. The number of nitrogens with zero attached hydrogens (tertiary/aromatic N) is 3. The molecule has 1 rings (SSSR count). The zero-order chi connectivity index (χ0) is 17.9. The minimum absolute atomic E-state index is 0.0480. The van der Waals surface area contributed by atoms with Crippen molar-refractivity contribution in [3.63, 3.8) is 0 Å². The molecule has 2 amide bonds. The predicted octanol–water partition coefficient (Wildman–Crippen LogP) is 2.09. The second-order valence-electron chi connectivity index (χ2n) is 5.99. The van der Waals surface area contributed by atoms with Gasteiger partial charge in [-0.25, -0.2) is 15.0 Å². The number of hydrazine groups is 1. The van der Waals surface area contributed by atoms with Gasteiger partial charge in [0.25, 0.3) is 0 Å². The van der Waals surface area contributed by atoms with Crippen molar-refractivity contribution in [2.75, 3.05) is 12.0 Å². The molecule has 0 saturated heterocycles. The maximum atomic E-state index is 12.3. The second-order valence-corrected chi connectivity index (χ2v) is 5.99. The van der Waals surface area contributed by atoms with E-state index in [2.05, 4.69) is 27.7 Å². The summed E-state index contributed by atoms with van der Waals surface area (Å²) >= 11 is 0. The Morgan fingerprint density at radius 2 is 2.17 bits per heavy atom. The van der Waals surface area contributed by atoms with E-state index in [9.17, 15) is 14.8 Å². The third-order valence-electron chi connectivity index (χ3n) is 3.62. The number of amides is 2. The number of carbonyl (C=O) groups is 2. The first kappa shape index (κ1) is 19.8. The molecule has 24 heavy (non-hydrogen) atoms. The summed E-state index contributed by atoms with van der Waals surface area (Å²) in [6.45, 7) is 6.06. The average Bonchev–Trinajstić information content (AvgIpc) is 2.58. The van der Waals surface area contributed by atoms with Crippen LogP contribution in [0.3, 0.4) is 0 Å². The van der Waals surface area contributed by atoms with Gasteiger partial charge in [-0.3, -0.25) is 25.6 Å². The monoisotopic (exact) mass is 337 g/mol. The maximum Gasteiger partial charge on any atom is 0.243 e. The van der Waals surface area contributed by atoms with Crippen LogP contribution in [0.25, 0.3) is 0 Å². The minimum atomic E-state index is -0.507. The van der Waals surface area contributed by atoms with Crippen molar-refractivity contribution in [3.8, 4) is 0 Å². The van der Waals surface area contributed by atoms with Gasteiger partial charge in [-0.15, -0.1) is 0 Å². The van der Waals surface area contributed by atoms with Gasteiger partial charge >= 0.3 is 0 Å². The van der Waals surface area contributed by atoms with Gasteiger partial charge < -0.3 is 0 Å². The minimum Gasteiger partial charge on any atom is -0.286 e. The van der Waals surface area contributed by atoms with E-state index in [1.165, 1.54) is 0 Å². The Balaban J connectivity index is 2.62. The van der Waals surface area contributed by atoms with Crippen LogP contribution in [0.1, 0.15) is 58.1 Å². The number of unbranched alkanes of at least 4 members (excludes halogenated alkanes) is 2. The summed E-state index contributed by atoms with van der Waals surface area (Å²) in [7, 11) is 0. The summed E-state index contributed by atoms with van der Waals surface area (Å²) in [6.07, 6.45) is 5.36. The van der Waals surface area contributed by atoms with E-state index < -0.39 is 5.92 Å². The highest BCUT2D eigenvalue weighted by Gasteiger charge is 2.20. The Kier molecular flexibility index (Phi) is 8.70. The van der Waals surface area contributed by atoms with Crippen LogP contribution in [0.2, 0.25) is 0 Å². The first-order valence-electron chi connectivity index (χ1n) is 8.27. The van der Waals surface area contributed by atoms with Gasteiger partial charge in [0.15, 0.2) is 0 Å². The fraction of sp³-hybridized carbons (Fsp3) is 0.625. The quantitative estimate of drug-likeness (QED) is 0.247. The van der Waals surface area contributed by atoms with Crippen LogP contribution in [0.4, 0.5) is 5.95 Å². The number of nitrogens with one attached hydrogen (secondary N) is 2. The second kappa shape index (κ2) is 10.5. The normalized spacial score (nSPS) is 11.9. The van der Waals surface area contributed by atoms with Gasteiger partial charge in [0.05, 0.1) is 12.5 Å². The summed E-state index contributed by atoms with van der Waals surface area (Å²) in [5, 5.41) is 9.85. The molecule has 1 heterocycles. The lowest BCUT2D eigenvalue weighted by Gasteiger charge is -2.19. The molecule has 3 N–H and O–H groups in total. The van der Waals surface area contributed by atoms with Crippen molar-refractivity contribution in [1.82, 2.24) is 20.5 Å².